The van der Waals surface area contributed by atoms with Crippen molar-refractivity contribution in [2.45, 2.75) is 12.5 Å². The molecule has 2 heterocycles. The molecule has 1 aliphatic heterocycles. The van der Waals surface area contributed by atoms with E-state index in [1.54, 1.807) is 18.3 Å². The first kappa shape index (κ1) is 13.4. The third-order valence-corrected chi connectivity index (χ3v) is 3.74. The van der Waals surface area contributed by atoms with Crippen LogP contribution in [0.15, 0.2) is 30.5 Å². The summed E-state index contributed by atoms with van der Waals surface area (Å²) in [7, 11) is 1.35. The van der Waals surface area contributed by atoms with Crippen LogP contribution in [0.5, 0.6) is 0 Å². The molecule has 3 rings (SSSR count). The van der Waals surface area contributed by atoms with Crippen LogP contribution in [-0.2, 0) is 9.53 Å². The van der Waals surface area contributed by atoms with Crippen LogP contribution in [0.25, 0.3) is 10.9 Å². The van der Waals surface area contributed by atoms with Crippen molar-refractivity contribution in [3.63, 3.8) is 0 Å². The summed E-state index contributed by atoms with van der Waals surface area (Å²) in [6.45, 7) is 0.699. The standard InChI is InChI=1S/C15H14N2O4/c1-21-15(20)12-4-6-17(12)10-7-9-3-2-5-16-13(9)11(8-10)14(18)19/h2-3,5,7-8,12H,4,6H2,1H3,(H,18,19). The van der Waals surface area contributed by atoms with Gasteiger partial charge in [0.15, 0.2) is 0 Å². The van der Waals surface area contributed by atoms with Crippen molar-refractivity contribution in [1.29, 1.82) is 0 Å². The van der Waals surface area contributed by atoms with Crippen LogP contribution in [0.3, 0.4) is 0 Å². The Bertz CT molecular complexity index is 729. The monoisotopic (exact) mass is 286 g/mol. The van der Waals surface area contributed by atoms with E-state index < -0.39 is 5.97 Å². The van der Waals surface area contributed by atoms with Crippen LogP contribution >= 0.6 is 0 Å². The van der Waals surface area contributed by atoms with Gasteiger partial charge < -0.3 is 14.7 Å². The van der Waals surface area contributed by atoms with Gasteiger partial charge in [-0.2, -0.15) is 0 Å². The quantitative estimate of drug-likeness (QED) is 0.865. The molecule has 2 aromatic rings. The zero-order chi connectivity index (χ0) is 15.0. The molecule has 21 heavy (non-hydrogen) atoms. The molecule has 1 unspecified atom stereocenters. The van der Waals surface area contributed by atoms with Crippen LogP contribution in [0.1, 0.15) is 16.8 Å². The number of carboxylic acid groups (broad SMARTS) is 1. The highest BCUT2D eigenvalue weighted by atomic mass is 16.5. The summed E-state index contributed by atoms with van der Waals surface area (Å²) >= 11 is 0. The topological polar surface area (TPSA) is 79.7 Å². The largest absolute Gasteiger partial charge is 0.478 e. The molecule has 0 bridgehead atoms. The summed E-state index contributed by atoms with van der Waals surface area (Å²) in [5.41, 5.74) is 1.29. The average molecular weight is 286 g/mol. The molecule has 0 spiro atoms. The Morgan fingerprint density at radius 1 is 1.43 bits per heavy atom. The number of benzene rings is 1. The second-order valence-electron chi connectivity index (χ2n) is 4.89. The highest BCUT2D eigenvalue weighted by Crippen LogP contribution is 2.31. The SMILES string of the molecule is COC(=O)C1CCN1c1cc(C(=O)O)c2ncccc2c1. The van der Waals surface area contributed by atoms with Crippen LogP contribution < -0.4 is 4.90 Å². The van der Waals surface area contributed by atoms with Gasteiger partial charge in [0, 0.05) is 23.8 Å². The molecule has 0 radical (unpaired) electrons. The maximum absolute atomic E-state index is 11.7. The van der Waals surface area contributed by atoms with Gasteiger partial charge in [0.05, 0.1) is 18.2 Å². The molecule has 1 atom stereocenters. The predicted molar refractivity (Wildman–Crippen MR) is 76.5 cm³/mol. The number of carboxylic acids is 1. The van der Waals surface area contributed by atoms with Crippen molar-refractivity contribution in [3.05, 3.63) is 36.0 Å². The number of aromatic nitrogens is 1. The fourth-order valence-corrected chi connectivity index (χ4v) is 2.58. The lowest BCUT2D eigenvalue weighted by Gasteiger charge is -2.40. The van der Waals surface area contributed by atoms with Gasteiger partial charge in [-0.1, -0.05) is 6.07 Å². The van der Waals surface area contributed by atoms with Crippen molar-refractivity contribution < 1.29 is 19.4 Å². The normalized spacial score (nSPS) is 17.4. The van der Waals surface area contributed by atoms with Crippen LogP contribution in [-0.4, -0.2) is 41.7 Å². The van der Waals surface area contributed by atoms with Crippen molar-refractivity contribution in [3.8, 4) is 0 Å². The highest BCUT2D eigenvalue weighted by Gasteiger charge is 2.35. The minimum absolute atomic E-state index is 0.138. The third-order valence-electron chi connectivity index (χ3n) is 3.74. The van der Waals surface area contributed by atoms with Gasteiger partial charge in [0.2, 0.25) is 0 Å². The number of anilines is 1. The number of esters is 1. The molecule has 0 aliphatic carbocycles. The maximum Gasteiger partial charge on any atom is 0.337 e. The number of pyridine rings is 1. The Kier molecular flexibility index (Phi) is 3.21. The first-order valence-electron chi connectivity index (χ1n) is 6.58. The second kappa shape index (κ2) is 5.05. The Balaban J connectivity index is 2.08. The molecule has 1 aliphatic rings. The minimum atomic E-state index is -1.03. The lowest BCUT2D eigenvalue weighted by atomic mass is 9.99. The lowest BCUT2D eigenvalue weighted by Crippen LogP contribution is -2.53. The summed E-state index contributed by atoms with van der Waals surface area (Å²) in [5.74, 6) is -1.33. The van der Waals surface area contributed by atoms with E-state index in [-0.39, 0.29) is 17.6 Å². The number of hydrogen-bond donors (Lipinski definition) is 1. The molecular formula is C15H14N2O4. The fourth-order valence-electron chi connectivity index (χ4n) is 2.58. The molecule has 0 saturated carbocycles. The van der Waals surface area contributed by atoms with Gasteiger partial charge in [-0.25, -0.2) is 9.59 Å². The van der Waals surface area contributed by atoms with E-state index in [1.165, 1.54) is 7.11 Å². The summed E-state index contributed by atoms with van der Waals surface area (Å²) in [6.07, 6.45) is 2.27. The fraction of sp³-hybridized carbons (Fsp3) is 0.267. The van der Waals surface area contributed by atoms with Gasteiger partial charge in [0.25, 0.3) is 0 Å². The number of hydrogen-bond acceptors (Lipinski definition) is 5. The second-order valence-corrected chi connectivity index (χ2v) is 4.89. The van der Waals surface area contributed by atoms with Gasteiger partial charge in [-0.05, 0) is 24.6 Å². The molecular weight excluding hydrogens is 272 g/mol. The van der Waals surface area contributed by atoms with Crippen molar-refractivity contribution >= 4 is 28.5 Å². The zero-order valence-corrected chi connectivity index (χ0v) is 11.4. The number of carbonyl (C=O) groups excluding carboxylic acids is 1. The van der Waals surface area contributed by atoms with Crippen molar-refractivity contribution in [2.24, 2.45) is 0 Å². The summed E-state index contributed by atoms with van der Waals surface area (Å²) < 4.78 is 4.76. The van der Waals surface area contributed by atoms with Crippen molar-refractivity contribution in [2.75, 3.05) is 18.6 Å². The van der Waals surface area contributed by atoms with E-state index in [4.69, 9.17) is 4.74 Å². The van der Waals surface area contributed by atoms with E-state index in [9.17, 15) is 14.7 Å². The molecule has 6 heteroatoms. The van der Waals surface area contributed by atoms with E-state index in [1.807, 2.05) is 17.0 Å². The minimum Gasteiger partial charge on any atom is -0.478 e. The molecule has 108 valence electrons. The first-order chi connectivity index (χ1) is 10.1. The van der Waals surface area contributed by atoms with Gasteiger partial charge in [0.1, 0.15) is 6.04 Å². The number of aromatic carboxylic acids is 1. The predicted octanol–water partition coefficient (Wildman–Crippen LogP) is 1.68. The van der Waals surface area contributed by atoms with E-state index in [0.717, 1.165) is 5.39 Å². The molecule has 1 aromatic heterocycles. The van der Waals surface area contributed by atoms with E-state index in [0.29, 0.717) is 24.2 Å². The summed E-state index contributed by atoms with van der Waals surface area (Å²) in [6, 6.07) is 6.64. The summed E-state index contributed by atoms with van der Waals surface area (Å²) in [4.78, 5) is 29.1. The smallest absolute Gasteiger partial charge is 0.337 e. The molecule has 1 N–H and O–H groups in total. The molecule has 1 saturated heterocycles. The Hall–Kier alpha value is -2.63. The number of rotatable bonds is 3. The van der Waals surface area contributed by atoms with E-state index in [2.05, 4.69) is 4.98 Å². The first-order valence-corrected chi connectivity index (χ1v) is 6.58. The average Bonchev–Trinajstić information content (AvgIpc) is 2.45. The molecule has 0 amide bonds. The molecule has 1 aromatic carbocycles. The Morgan fingerprint density at radius 2 is 2.24 bits per heavy atom. The number of methoxy groups -OCH3 is 1. The van der Waals surface area contributed by atoms with Gasteiger partial charge >= 0.3 is 11.9 Å². The Labute approximate surface area is 121 Å². The third kappa shape index (κ3) is 2.18. The van der Waals surface area contributed by atoms with Gasteiger partial charge in [-0.15, -0.1) is 0 Å². The van der Waals surface area contributed by atoms with Crippen molar-refractivity contribution in [1.82, 2.24) is 4.98 Å². The summed E-state index contributed by atoms with van der Waals surface area (Å²) in [5, 5.41) is 10.1. The highest BCUT2D eigenvalue weighted by molar-refractivity contribution is 6.03. The number of ether oxygens (including phenoxy) is 1. The maximum atomic E-state index is 11.7. The molecule has 6 nitrogen and oxygen atoms in total. The van der Waals surface area contributed by atoms with E-state index >= 15 is 0 Å². The number of fused-ring (bicyclic) bond motifs is 1. The van der Waals surface area contributed by atoms with Crippen LogP contribution in [0.2, 0.25) is 0 Å². The van der Waals surface area contributed by atoms with Gasteiger partial charge in [-0.3, -0.25) is 4.98 Å². The molecule has 1 fully saturated rings. The van der Waals surface area contributed by atoms with Crippen LogP contribution in [0.4, 0.5) is 5.69 Å². The lowest BCUT2D eigenvalue weighted by molar-refractivity contribution is -0.143. The Morgan fingerprint density at radius 3 is 2.86 bits per heavy atom. The number of carbonyl (C=O) groups is 2. The zero-order valence-electron chi connectivity index (χ0n) is 11.4. The van der Waals surface area contributed by atoms with Crippen LogP contribution in [0, 0.1) is 0 Å². The number of nitrogens with zero attached hydrogens (tertiary/aromatic N) is 2.